The van der Waals surface area contributed by atoms with Crippen molar-refractivity contribution in [1.29, 1.82) is 0 Å². The molecule has 19 heavy (non-hydrogen) atoms. The molecule has 0 saturated carbocycles. The van der Waals surface area contributed by atoms with Crippen LogP contribution in [0.25, 0.3) is 0 Å². The van der Waals surface area contributed by atoms with Crippen molar-refractivity contribution in [1.82, 2.24) is 4.90 Å². The first-order chi connectivity index (χ1) is 8.90. The van der Waals surface area contributed by atoms with Gasteiger partial charge in [-0.3, -0.25) is 4.79 Å². The molecule has 0 unspecified atom stereocenters. The third-order valence-corrected chi connectivity index (χ3v) is 3.72. The zero-order valence-corrected chi connectivity index (χ0v) is 11.7. The number of halogens is 1. The molecule has 0 aliphatic rings. The summed E-state index contributed by atoms with van der Waals surface area (Å²) in [4.78, 5) is 13.4. The van der Waals surface area contributed by atoms with E-state index in [1.54, 1.807) is 0 Å². The molecule has 0 aromatic heterocycles. The third-order valence-electron chi connectivity index (χ3n) is 2.37. The quantitative estimate of drug-likeness (QED) is 0.634. The van der Waals surface area contributed by atoms with E-state index in [9.17, 15) is 13.2 Å². The lowest BCUT2D eigenvalue weighted by atomic mass is 10.2. The largest absolute Gasteiger partial charge is 0.395 e. The summed E-state index contributed by atoms with van der Waals surface area (Å²) in [6.45, 7) is 3.74. The van der Waals surface area contributed by atoms with E-state index in [1.165, 1.54) is 35.2 Å². The van der Waals surface area contributed by atoms with E-state index in [-0.39, 0.29) is 30.2 Å². The van der Waals surface area contributed by atoms with Gasteiger partial charge in [-0.25, -0.2) is 8.42 Å². The summed E-state index contributed by atoms with van der Waals surface area (Å²) >= 11 is 0. The van der Waals surface area contributed by atoms with Gasteiger partial charge in [-0.15, -0.1) is 6.58 Å². The maximum atomic E-state index is 12.1. The molecule has 0 bridgehead atoms. The molecule has 0 fully saturated rings. The Hall–Kier alpha value is -1.37. The molecular weight excluding hydrogens is 290 g/mol. The normalized spacial score (nSPS) is 11.1. The van der Waals surface area contributed by atoms with Crippen molar-refractivity contribution in [2.75, 3.05) is 19.7 Å². The molecule has 0 atom stereocenters. The van der Waals surface area contributed by atoms with Gasteiger partial charge in [0.15, 0.2) is 0 Å². The second-order valence-electron chi connectivity index (χ2n) is 3.73. The number of carbonyl (C=O) groups excluding carboxylic acids is 1. The van der Waals surface area contributed by atoms with Crippen molar-refractivity contribution in [2.45, 2.75) is 4.90 Å². The molecule has 0 aliphatic heterocycles. The number of benzene rings is 1. The smallest absolute Gasteiger partial charge is 0.261 e. The summed E-state index contributed by atoms with van der Waals surface area (Å²) in [6.07, 6.45) is 1.52. The van der Waals surface area contributed by atoms with Crippen molar-refractivity contribution in [2.24, 2.45) is 0 Å². The molecule has 1 rings (SSSR count). The van der Waals surface area contributed by atoms with Gasteiger partial charge < -0.3 is 10.0 Å². The highest BCUT2D eigenvalue weighted by Gasteiger charge is 2.17. The zero-order valence-electron chi connectivity index (χ0n) is 10.1. The number of carbonyl (C=O) groups is 1. The predicted octanol–water partition coefficient (Wildman–Crippen LogP) is 1.23. The highest BCUT2D eigenvalue weighted by molar-refractivity contribution is 8.13. The summed E-state index contributed by atoms with van der Waals surface area (Å²) in [5.41, 5.74) is 0.192. The lowest BCUT2D eigenvalue weighted by molar-refractivity contribution is 0.0742. The van der Waals surface area contributed by atoms with E-state index >= 15 is 0 Å². The molecule has 1 aromatic carbocycles. The van der Waals surface area contributed by atoms with Crippen molar-refractivity contribution in [3.63, 3.8) is 0 Å². The van der Waals surface area contributed by atoms with Crippen LogP contribution < -0.4 is 0 Å². The van der Waals surface area contributed by atoms with Gasteiger partial charge >= 0.3 is 0 Å². The molecule has 0 heterocycles. The Labute approximate surface area is 116 Å². The fourth-order valence-corrected chi connectivity index (χ4v) is 2.31. The highest BCUT2D eigenvalue weighted by Crippen LogP contribution is 2.17. The minimum absolute atomic E-state index is 0.137. The lowest BCUT2D eigenvalue weighted by Crippen LogP contribution is -2.33. The number of nitrogens with zero attached hydrogens (tertiary/aromatic N) is 1. The summed E-state index contributed by atoms with van der Waals surface area (Å²) in [5, 5.41) is 8.90. The average molecular weight is 304 g/mol. The van der Waals surface area contributed by atoms with E-state index in [2.05, 4.69) is 6.58 Å². The Kier molecular flexibility index (Phi) is 5.53. The first-order valence-corrected chi connectivity index (χ1v) is 7.77. The molecule has 5 nitrogen and oxygen atoms in total. The lowest BCUT2D eigenvalue weighted by Gasteiger charge is -2.20. The molecule has 1 N–H and O–H groups in total. The van der Waals surface area contributed by atoms with Gasteiger partial charge in [0, 0.05) is 29.3 Å². The molecule has 104 valence electrons. The first-order valence-electron chi connectivity index (χ1n) is 5.46. The molecule has 1 aromatic rings. The maximum absolute atomic E-state index is 12.1. The summed E-state index contributed by atoms with van der Waals surface area (Å²) in [5.74, 6) is -0.392. The van der Waals surface area contributed by atoms with Crippen molar-refractivity contribution < 1.29 is 18.3 Å². The Bertz CT molecular complexity index is 571. The van der Waals surface area contributed by atoms with Crippen LogP contribution in [0.15, 0.2) is 41.8 Å². The first kappa shape index (κ1) is 15.7. The number of aliphatic hydroxyl groups is 1. The van der Waals surface area contributed by atoms with Crippen LogP contribution in [0.2, 0.25) is 0 Å². The minimum atomic E-state index is -3.88. The summed E-state index contributed by atoms with van der Waals surface area (Å²) in [6, 6.07) is 5.44. The third kappa shape index (κ3) is 4.34. The second kappa shape index (κ2) is 6.70. The van der Waals surface area contributed by atoms with Gasteiger partial charge in [0.05, 0.1) is 11.5 Å². The molecular formula is C12H14ClNO4S. The van der Waals surface area contributed by atoms with E-state index in [4.69, 9.17) is 15.8 Å². The summed E-state index contributed by atoms with van der Waals surface area (Å²) < 4.78 is 22.4. The van der Waals surface area contributed by atoms with Gasteiger partial charge in [0.1, 0.15) is 0 Å². The van der Waals surface area contributed by atoms with Crippen molar-refractivity contribution in [3.8, 4) is 0 Å². The molecule has 0 radical (unpaired) electrons. The fourth-order valence-electron chi connectivity index (χ4n) is 1.52. The van der Waals surface area contributed by atoms with E-state index in [0.717, 1.165) is 0 Å². The van der Waals surface area contributed by atoms with Crippen LogP contribution in [0.3, 0.4) is 0 Å². The van der Waals surface area contributed by atoms with Crippen LogP contribution in [0.4, 0.5) is 0 Å². The van der Waals surface area contributed by atoms with Gasteiger partial charge in [-0.05, 0) is 18.2 Å². The monoisotopic (exact) mass is 303 g/mol. The van der Waals surface area contributed by atoms with Gasteiger partial charge in [-0.2, -0.15) is 0 Å². The van der Waals surface area contributed by atoms with Gasteiger partial charge in [0.25, 0.3) is 15.0 Å². The van der Waals surface area contributed by atoms with Crippen LogP contribution in [0.1, 0.15) is 10.4 Å². The Morgan fingerprint density at radius 3 is 2.68 bits per heavy atom. The molecule has 0 aliphatic carbocycles. The maximum Gasteiger partial charge on any atom is 0.261 e. The molecule has 7 heteroatoms. The van der Waals surface area contributed by atoms with Gasteiger partial charge in [0.2, 0.25) is 0 Å². The fraction of sp³-hybridized carbons (Fsp3) is 0.250. The summed E-state index contributed by atoms with van der Waals surface area (Å²) in [7, 11) is 1.35. The Morgan fingerprint density at radius 2 is 2.16 bits per heavy atom. The minimum Gasteiger partial charge on any atom is -0.395 e. The van der Waals surface area contributed by atoms with E-state index in [1.807, 2.05) is 0 Å². The van der Waals surface area contributed by atoms with Crippen molar-refractivity contribution >= 4 is 25.6 Å². The zero-order chi connectivity index (χ0) is 14.5. The SMILES string of the molecule is C=CCN(CCO)C(=O)c1cccc(S(=O)(=O)Cl)c1. The standard InChI is InChI=1S/C12H14ClNO4S/c1-2-6-14(7-8-15)12(16)10-4-3-5-11(9-10)19(13,17)18/h2-5,9,15H,1,6-8H2. The number of aliphatic hydroxyl groups excluding tert-OH is 1. The number of hydrogen-bond donors (Lipinski definition) is 1. The number of rotatable bonds is 6. The second-order valence-corrected chi connectivity index (χ2v) is 6.30. The number of amides is 1. The Morgan fingerprint density at radius 1 is 1.47 bits per heavy atom. The topological polar surface area (TPSA) is 74.7 Å². The molecule has 0 saturated heterocycles. The molecule has 1 amide bonds. The number of hydrogen-bond acceptors (Lipinski definition) is 4. The van der Waals surface area contributed by atoms with Crippen LogP contribution in [-0.2, 0) is 9.05 Å². The van der Waals surface area contributed by atoms with Crippen LogP contribution in [0.5, 0.6) is 0 Å². The van der Waals surface area contributed by atoms with Crippen LogP contribution in [0, 0.1) is 0 Å². The van der Waals surface area contributed by atoms with Crippen LogP contribution >= 0.6 is 10.7 Å². The average Bonchev–Trinajstić information content (AvgIpc) is 2.37. The van der Waals surface area contributed by atoms with E-state index < -0.39 is 15.0 Å². The van der Waals surface area contributed by atoms with Gasteiger partial charge in [-0.1, -0.05) is 12.1 Å². The highest BCUT2D eigenvalue weighted by atomic mass is 35.7. The molecule has 0 spiro atoms. The Balaban J connectivity index is 3.08. The van der Waals surface area contributed by atoms with E-state index in [0.29, 0.717) is 0 Å². The predicted molar refractivity (Wildman–Crippen MR) is 72.7 cm³/mol. The van der Waals surface area contributed by atoms with Crippen molar-refractivity contribution in [3.05, 3.63) is 42.5 Å². The van der Waals surface area contributed by atoms with Crippen LogP contribution in [-0.4, -0.2) is 44.0 Å².